The van der Waals surface area contributed by atoms with Crippen LogP contribution in [0.15, 0.2) is 83.9 Å². The lowest BCUT2D eigenvalue weighted by Crippen LogP contribution is -2.39. The van der Waals surface area contributed by atoms with Crippen molar-refractivity contribution in [3.63, 3.8) is 0 Å². The van der Waals surface area contributed by atoms with Crippen LogP contribution in [0.1, 0.15) is 26.3 Å². The highest BCUT2D eigenvalue weighted by Gasteiger charge is 2.25. The fourth-order valence-corrected chi connectivity index (χ4v) is 5.77. The van der Waals surface area contributed by atoms with Crippen molar-refractivity contribution < 1.29 is 27.1 Å². The molecule has 1 N–H and O–H groups in total. The first-order chi connectivity index (χ1) is 18.3. The Labute approximate surface area is 219 Å². The second-order valence-electron chi connectivity index (χ2n) is 9.01. The molecule has 8 nitrogen and oxygen atoms in total. The van der Waals surface area contributed by atoms with Gasteiger partial charge >= 0.3 is 0 Å². The number of amides is 1. The van der Waals surface area contributed by atoms with Gasteiger partial charge in [-0.05, 0) is 48.0 Å². The SMILES string of the molecule is O=C(NCc1ccc(F)cc1)c1ccc(S(=O)(=O)n2cc(C(=O)CN3CCOCC3)c3ccccc32)cc1. The number of rotatable bonds is 8. The number of ether oxygens (including phenoxy) is 1. The molecule has 1 saturated heterocycles. The third-order valence-corrected chi connectivity index (χ3v) is 8.18. The van der Waals surface area contributed by atoms with Crippen LogP contribution in [0, 0.1) is 5.82 Å². The number of nitrogens with zero attached hydrogens (tertiary/aromatic N) is 2. The quantitative estimate of drug-likeness (QED) is 0.347. The van der Waals surface area contributed by atoms with Crippen LogP contribution in [-0.2, 0) is 21.3 Å². The summed E-state index contributed by atoms with van der Waals surface area (Å²) in [6.07, 6.45) is 1.38. The van der Waals surface area contributed by atoms with E-state index in [2.05, 4.69) is 5.32 Å². The van der Waals surface area contributed by atoms with E-state index in [9.17, 15) is 22.4 Å². The molecule has 1 aliphatic heterocycles. The van der Waals surface area contributed by atoms with Gasteiger partial charge in [0, 0.05) is 42.3 Å². The summed E-state index contributed by atoms with van der Waals surface area (Å²) in [5.74, 6) is -0.910. The highest BCUT2D eigenvalue weighted by molar-refractivity contribution is 7.90. The van der Waals surface area contributed by atoms with Crippen molar-refractivity contribution in [1.82, 2.24) is 14.2 Å². The van der Waals surface area contributed by atoms with Crippen LogP contribution in [0.4, 0.5) is 4.39 Å². The van der Waals surface area contributed by atoms with Gasteiger partial charge in [0.25, 0.3) is 15.9 Å². The van der Waals surface area contributed by atoms with Gasteiger partial charge in [-0.15, -0.1) is 0 Å². The Morgan fingerprint density at radius 2 is 1.61 bits per heavy atom. The smallest absolute Gasteiger partial charge is 0.268 e. The summed E-state index contributed by atoms with van der Waals surface area (Å²) in [4.78, 5) is 27.7. The topological polar surface area (TPSA) is 97.7 Å². The molecule has 0 unspecified atom stereocenters. The molecule has 0 atom stereocenters. The predicted octanol–water partition coefficient (Wildman–Crippen LogP) is 3.46. The molecule has 196 valence electrons. The van der Waals surface area contributed by atoms with Crippen LogP contribution in [0.2, 0.25) is 0 Å². The molecule has 5 rings (SSSR count). The largest absolute Gasteiger partial charge is 0.379 e. The minimum Gasteiger partial charge on any atom is -0.379 e. The Kier molecular flexibility index (Phi) is 7.37. The number of aromatic nitrogens is 1. The standard InChI is InChI=1S/C28H26FN3O5S/c29-22-9-5-20(6-10-22)17-30-28(34)21-7-11-23(12-8-21)38(35,36)32-18-25(24-3-1-2-4-26(24)32)27(33)19-31-13-15-37-16-14-31/h1-12,18H,13-17,19H2,(H,30,34). The fourth-order valence-electron chi connectivity index (χ4n) is 4.40. The van der Waals surface area contributed by atoms with Gasteiger partial charge in [0.15, 0.2) is 5.78 Å². The van der Waals surface area contributed by atoms with Gasteiger partial charge in [-0.2, -0.15) is 0 Å². The maximum atomic E-state index is 13.6. The van der Waals surface area contributed by atoms with Crippen molar-refractivity contribution >= 4 is 32.6 Å². The van der Waals surface area contributed by atoms with Crippen molar-refractivity contribution in [2.75, 3.05) is 32.8 Å². The van der Waals surface area contributed by atoms with Gasteiger partial charge in [0.1, 0.15) is 5.82 Å². The van der Waals surface area contributed by atoms with E-state index in [1.54, 1.807) is 36.4 Å². The molecule has 4 aromatic rings. The lowest BCUT2D eigenvalue weighted by Gasteiger charge is -2.25. The number of Topliss-reactive ketones (excluding diaryl/α,β-unsaturated/α-hetero) is 1. The van der Waals surface area contributed by atoms with Crippen molar-refractivity contribution in [3.8, 4) is 0 Å². The number of hydrogen-bond acceptors (Lipinski definition) is 6. The van der Waals surface area contributed by atoms with E-state index in [1.807, 2.05) is 4.90 Å². The highest BCUT2D eigenvalue weighted by Crippen LogP contribution is 2.27. The molecule has 1 aliphatic rings. The van der Waals surface area contributed by atoms with E-state index >= 15 is 0 Å². The van der Waals surface area contributed by atoms with Gasteiger partial charge in [-0.1, -0.05) is 30.3 Å². The molecule has 1 fully saturated rings. The van der Waals surface area contributed by atoms with E-state index in [1.165, 1.54) is 42.6 Å². The van der Waals surface area contributed by atoms with Gasteiger partial charge in [-0.3, -0.25) is 14.5 Å². The maximum absolute atomic E-state index is 13.6. The van der Waals surface area contributed by atoms with Crippen LogP contribution in [0.5, 0.6) is 0 Å². The molecule has 0 aliphatic carbocycles. The first-order valence-electron chi connectivity index (χ1n) is 12.1. The van der Waals surface area contributed by atoms with Gasteiger partial charge < -0.3 is 10.1 Å². The van der Waals surface area contributed by atoms with Crippen LogP contribution < -0.4 is 5.32 Å². The second-order valence-corrected chi connectivity index (χ2v) is 10.8. The van der Waals surface area contributed by atoms with Gasteiger partial charge in [0.05, 0.1) is 30.2 Å². The minimum absolute atomic E-state index is 0.0134. The lowest BCUT2D eigenvalue weighted by atomic mass is 10.1. The Hall–Kier alpha value is -3.86. The third kappa shape index (κ3) is 5.38. The Morgan fingerprint density at radius 3 is 2.32 bits per heavy atom. The van der Waals surface area contributed by atoms with Crippen LogP contribution in [0.3, 0.4) is 0 Å². The zero-order valence-electron chi connectivity index (χ0n) is 20.5. The third-order valence-electron chi connectivity index (χ3n) is 6.49. The number of para-hydroxylation sites is 1. The summed E-state index contributed by atoms with van der Waals surface area (Å²) in [6, 6.07) is 18.3. The van der Waals surface area contributed by atoms with Crippen molar-refractivity contribution in [1.29, 1.82) is 0 Å². The minimum atomic E-state index is -4.05. The summed E-state index contributed by atoms with van der Waals surface area (Å²) in [5.41, 5.74) is 1.76. The molecule has 1 amide bonds. The molecule has 0 spiro atoms. The number of ketones is 1. The number of benzene rings is 3. The predicted molar refractivity (Wildman–Crippen MR) is 140 cm³/mol. The normalized spacial score (nSPS) is 14.4. The highest BCUT2D eigenvalue weighted by atomic mass is 32.2. The van der Waals surface area contributed by atoms with E-state index in [-0.39, 0.29) is 41.1 Å². The number of nitrogens with one attached hydrogen (secondary N) is 1. The summed E-state index contributed by atoms with van der Waals surface area (Å²) in [5, 5.41) is 3.29. The van der Waals surface area contributed by atoms with Crippen LogP contribution >= 0.6 is 0 Å². The Balaban J connectivity index is 1.36. The lowest BCUT2D eigenvalue weighted by molar-refractivity contribution is 0.0371. The number of carbonyl (C=O) groups excluding carboxylic acids is 2. The maximum Gasteiger partial charge on any atom is 0.268 e. The molecule has 1 aromatic heterocycles. The van der Waals surface area contributed by atoms with Crippen molar-refractivity contribution in [2.45, 2.75) is 11.4 Å². The first-order valence-corrected chi connectivity index (χ1v) is 13.6. The van der Waals surface area contributed by atoms with Gasteiger partial charge in [-0.25, -0.2) is 16.8 Å². The number of halogens is 1. The zero-order valence-corrected chi connectivity index (χ0v) is 21.3. The number of fused-ring (bicyclic) bond motifs is 1. The molecular formula is C28H26FN3O5S. The van der Waals surface area contributed by atoms with E-state index in [4.69, 9.17) is 4.74 Å². The summed E-state index contributed by atoms with van der Waals surface area (Å²) in [6.45, 7) is 2.79. The Morgan fingerprint density at radius 1 is 0.921 bits per heavy atom. The monoisotopic (exact) mass is 535 g/mol. The molecule has 0 bridgehead atoms. The Bertz CT molecular complexity index is 1580. The fraction of sp³-hybridized carbons (Fsp3) is 0.214. The van der Waals surface area contributed by atoms with E-state index in [0.717, 1.165) is 9.54 Å². The summed E-state index contributed by atoms with van der Waals surface area (Å²) in [7, 11) is -4.05. The average molecular weight is 536 g/mol. The van der Waals surface area contributed by atoms with Crippen LogP contribution in [-0.4, -0.2) is 61.8 Å². The molecule has 0 radical (unpaired) electrons. The van der Waals surface area contributed by atoms with Crippen molar-refractivity contribution in [3.05, 3.63) is 102 Å². The van der Waals surface area contributed by atoms with Crippen molar-refractivity contribution in [2.24, 2.45) is 0 Å². The molecule has 0 saturated carbocycles. The first kappa shape index (κ1) is 25.8. The second kappa shape index (κ2) is 10.9. The molecule has 38 heavy (non-hydrogen) atoms. The number of carbonyl (C=O) groups is 2. The molecule has 2 heterocycles. The zero-order chi connectivity index (χ0) is 26.7. The van der Waals surface area contributed by atoms with Crippen LogP contribution in [0.25, 0.3) is 10.9 Å². The summed E-state index contributed by atoms with van der Waals surface area (Å²) < 4.78 is 46.7. The van der Waals surface area contributed by atoms with E-state index < -0.39 is 10.0 Å². The number of hydrogen-bond donors (Lipinski definition) is 1. The number of morpholine rings is 1. The molecule has 10 heteroatoms. The van der Waals surface area contributed by atoms with Gasteiger partial charge in [0.2, 0.25) is 0 Å². The summed E-state index contributed by atoms with van der Waals surface area (Å²) >= 11 is 0. The molecular weight excluding hydrogens is 509 g/mol. The molecule has 3 aromatic carbocycles. The average Bonchev–Trinajstić information content (AvgIpc) is 3.34. The van der Waals surface area contributed by atoms with E-state index in [0.29, 0.717) is 42.8 Å².